The van der Waals surface area contributed by atoms with Crippen LogP contribution in [0.25, 0.3) is 10.9 Å². The van der Waals surface area contributed by atoms with Crippen molar-refractivity contribution >= 4 is 29.3 Å². The number of aromatic nitrogens is 1. The van der Waals surface area contributed by atoms with Gasteiger partial charge in [-0.05, 0) is 25.0 Å². The van der Waals surface area contributed by atoms with Crippen LogP contribution >= 0.6 is 12.6 Å². The molecular formula is C16H22N2OS. The van der Waals surface area contributed by atoms with Crippen molar-refractivity contribution in [2.75, 3.05) is 0 Å². The summed E-state index contributed by atoms with van der Waals surface area (Å²) in [7, 11) is 0. The first-order chi connectivity index (χ1) is 9.49. The topological polar surface area (TPSA) is 44.9 Å². The molecule has 108 valence electrons. The zero-order valence-corrected chi connectivity index (χ0v) is 13.1. The number of nitrogens with one attached hydrogen (secondary N) is 2. The summed E-state index contributed by atoms with van der Waals surface area (Å²) in [4.78, 5) is 15.6. The fourth-order valence-corrected chi connectivity index (χ4v) is 2.64. The molecule has 0 aliphatic heterocycles. The maximum Gasteiger partial charge on any atom is 0.152 e. The minimum Gasteiger partial charge on any atom is -0.361 e. The molecule has 2 atom stereocenters. The molecule has 2 unspecified atom stereocenters. The lowest BCUT2D eigenvalue weighted by molar-refractivity contribution is -0.124. The number of carbonyl (C=O) groups excluding carboxylic acids is 1. The number of para-hydroxylation sites is 1. The predicted octanol–water partition coefficient (Wildman–Crippen LogP) is 3.17. The first-order valence-electron chi connectivity index (χ1n) is 7.02. The lowest BCUT2D eigenvalue weighted by Gasteiger charge is -2.21. The summed E-state index contributed by atoms with van der Waals surface area (Å²) >= 11 is 4.35. The summed E-state index contributed by atoms with van der Waals surface area (Å²) in [6.07, 6.45) is 2.68. The van der Waals surface area contributed by atoms with Gasteiger partial charge in [0.2, 0.25) is 0 Å². The van der Waals surface area contributed by atoms with Gasteiger partial charge in [-0.1, -0.05) is 32.0 Å². The van der Waals surface area contributed by atoms with Crippen LogP contribution in [0.5, 0.6) is 0 Å². The Hall–Kier alpha value is -1.26. The Kier molecular flexibility index (Phi) is 4.89. The van der Waals surface area contributed by atoms with Crippen LogP contribution in [0.3, 0.4) is 0 Å². The minimum absolute atomic E-state index is 0.00657. The number of fused-ring (bicyclic) bond motifs is 1. The Morgan fingerprint density at radius 2 is 2.00 bits per heavy atom. The molecule has 2 aromatic rings. The van der Waals surface area contributed by atoms with Crippen molar-refractivity contribution in [2.45, 2.75) is 38.6 Å². The average Bonchev–Trinajstić information content (AvgIpc) is 2.80. The van der Waals surface area contributed by atoms with Crippen LogP contribution in [0.1, 0.15) is 26.3 Å². The van der Waals surface area contributed by atoms with Crippen LogP contribution in [-0.4, -0.2) is 22.2 Å². The number of rotatable bonds is 6. The fourth-order valence-electron chi connectivity index (χ4n) is 2.46. The molecule has 0 amide bonds. The summed E-state index contributed by atoms with van der Waals surface area (Å²) in [5.41, 5.74) is 2.28. The monoisotopic (exact) mass is 290 g/mol. The van der Waals surface area contributed by atoms with E-state index in [4.69, 9.17) is 0 Å². The fraction of sp³-hybridized carbons (Fsp3) is 0.438. The van der Waals surface area contributed by atoms with E-state index in [1.807, 2.05) is 45.2 Å². The lowest BCUT2D eigenvalue weighted by Crippen LogP contribution is -2.43. The highest BCUT2D eigenvalue weighted by Gasteiger charge is 2.23. The van der Waals surface area contributed by atoms with E-state index in [0.29, 0.717) is 6.42 Å². The van der Waals surface area contributed by atoms with E-state index >= 15 is 0 Å². The number of aromatic amines is 1. The Labute approximate surface area is 125 Å². The average molecular weight is 290 g/mol. The Morgan fingerprint density at radius 1 is 1.30 bits per heavy atom. The van der Waals surface area contributed by atoms with Gasteiger partial charge in [0.25, 0.3) is 0 Å². The Morgan fingerprint density at radius 3 is 2.65 bits per heavy atom. The Balaban J connectivity index is 2.25. The number of carbonyl (C=O) groups is 1. The van der Waals surface area contributed by atoms with Gasteiger partial charge in [0.05, 0.1) is 6.04 Å². The van der Waals surface area contributed by atoms with Crippen molar-refractivity contribution in [3.8, 4) is 0 Å². The van der Waals surface area contributed by atoms with Gasteiger partial charge in [-0.2, -0.15) is 12.6 Å². The van der Waals surface area contributed by atoms with E-state index in [0.717, 1.165) is 5.52 Å². The maximum atomic E-state index is 12.3. The molecule has 2 rings (SSSR count). The van der Waals surface area contributed by atoms with Gasteiger partial charge >= 0.3 is 0 Å². The first kappa shape index (κ1) is 15.1. The molecule has 1 heterocycles. The van der Waals surface area contributed by atoms with Crippen molar-refractivity contribution < 1.29 is 4.79 Å². The number of Topliss-reactive ketones (excluding diaryl/α,β-unsaturated/α-hetero) is 1. The Bertz CT molecular complexity index is 589. The molecule has 0 saturated carbocycles. The van der Waals surface area contributed by atoms with Crippen LogP contribution in [0.2, 0.25) is 0 Å². The highest BCUT2D eigenvalue weighted by atomic mass is 32.1. The SMILES string of the molecule is CC(S)NC(Cc1c[nH]c2ccccc12)C(=O)C(C)C. The molecule has 0 aliphatic rings. The molecule has 1 aromatic heterocycles. The molecule has 3 nitrogen and oxygen atoms in total. The van der Waals surface area contributed by atoms with E-state index < -0.39 is 0 Å². The molecule has 0 saturated heterocycles. The van der Waals surface area contributed by atoms with Crippen molar-refractivity contribution in [3.05, 3.63) is 36.0 Å². The maximum absolute atomic E-state index is 12.3. The standard InChI is InChI=1S/C16H22N2OS/c1-10(2)16(19)15(18-11(3)20)8-12-9-17-14-7-5-4-6-13(12)14/h4-7,9-11,15,17-18,20H,8H2,1-3H3. The second-order valence-corrected chi connectivity index (χ2v) is 6.29. The van der Waals surface area contributed by atoms with E-state index in [-0.39, 0.29) is 23.1 Å². The van der Waals surface area contributed by atoms with Crippen LogP contribution in [-0.2, 0) is 11.2 Å². The molecule has 1 aromatic carbocycles. The molecular weight excluding hydrogens is 268 g/mol. The molecule has 0 radical (unpaired) electrons. The summed E-state index contributed by atoms with van der Waals surface area (Å²) in [5, 5.41) is 4.44. The van der Waals surface area contributed by atoms with E-state index in [1.54, 1.807) is 0 Å². The van der Waals surface area contributed by atoms with Gasteiger partial charge in [-0.15, -0.1) is 0 Å². The summed E-state index contributed by atoms with van der Waals surface area (Å²) in [6, 6.07) is 7.97. The first-order valence-corrected chi connectivity index (χ1v) is 7.53. The lowest BCUT2D eigenvalue weighted by atomic mass is 9.95. The number of ketones is 1. The summed E-state index contributed by atoms with van der Waals surface area (Å²) in [5.74, 6) is 0.251. The third-order valence-electron chi connectivity index (χ3n) is 3.45. The highest BCUT2D eigenvalue weighted by molar-refractivity contribution is 7.80. The number of benzene rings is 1. The quantitative estimate of drug-likeness (QED) is 0.565. The molecule has 0 spiro atoms. The van der Waals surface area contributed by atoms with Crippen LogP contribution in [0, 0.1) is 5.92 Å². The molecule has 2 N–H and O–H groups in total. The zero-order valence-electron chi connectivity index (χ0n) is 12.2. The second-order valence-electron chi connectivity index (χ2n) is 5.52. The van der Waals surface area contributed by atoms with Crippen LogP contribution in [0.15, 0.2) is 30.5 Å². The number of H-pyrrole nitrogens is 1. The van der Waals surface area contributed by atoms with Gasteiger partial charge in [0.1, 0.15) is 0 Å². The summed E-state index contributed by atoms with van der Waals surface area (Å²) < 4.78 is 0. The third-order valence-corrected chi connectivity index (χ3v) is 3.60. The van der Waals surface area contributed by atoms with Gasteiger partial charge in [0.15, 0.2) is 5.78 Å². The molecule has 0 fully saturated rings. The molecule has 4 heteroatoms. The van der Waals surface area contributed by atoms with Gasteiger partial charge in [-0.25, -0.2) is 0 Å². The molecule has 20 heavy (non-hydrogen) atoms. The largest absolute Gasteiger partial charge is 0.361 e. The van der Waals surface area contributed by atoms with Gasteiger partial charge < -0.3 is 4.98 Å². The minimum atomic E-state index is -0.193. The van der Waals surface area contributed by atoms with Crippen LogP contribution in [0.4, 0.5) is 0 Å². The smallest absolute Gasteiger partial charge is 0.152 e. The predicted molar refractivity (Wildman–Crippen MR) is 87.2 cm³/mol. The van der Waals surface area contributed by atoms with Crippen LogP contribution < -0.4 is 5.32 Å². The number of hydrogen-bond acceptors (Lipinski definition) is 3. The van der Waals surface area contributed by atoms with Crippen molar-refractivity contribution in [1.29, 1.82) is 0 Å². The van der Waals surface area contributed by atoms with E-state index in [2.05, 4.69) is 29.0 Å². The van der Waals surface area contributed by atoms with Crippen molar-refractivity contribution in [1.82, 2.24) is 10.3 Å². The van der Waals surface area contributed by atoms with Crippen molar-refractivity contribution in [2.24, 2.45) is 5.92 Å². The molecule has 0 bridgehead atoms. The highest BCUT2D eigenvalue weighted by Crippen LogP contribution is 2.20. The van der Waals surface area contributed by atoms with E-state index in [1.165, 1.54) is 10.9 Å². The summed E-state index contributed by atoms with van der Waals surface area (Å²) in [6.45, 7) is 5.82. The van der Waals surface area contributed by atoms with E-state index in [9.17, 15) is 4.79 Å². The normalized spacial score (nSPS) is 14.7. The van der Waals surface area contributed by atoms with Gasteiger partial charge in [-0.3, -0.25) is 10.1 Å². The zero-order chi connectivity index (χ0) is 14.7. The third kappa shape index (κ3) is 3.44. The molecule has 0 aliphatic carbocycles. The number of thiol groups is 1. The van der Waals surface area contributed by atoms with Gasteiger partial charge in [0, 0.05) is 28.4 Å². The number of hydrogen-bond donors (Lipinski definition) is 3. The van der Waals surface area contributed by atoms with Crippen molar-refractivity contribution in [3.63, 3.8) is 0 Å². The second kappa shape index (κ2) is 6.46.